The number of hydrogen-bond donors (Lipinski definition) is 2. The van der Waals surface area contributed by atoms with Gasteiger partial charge in [-0.25, -0.2) is 0 Å². The second kappa shape index (κ2) is 10.5. The molecule has 124 valence electrons. The van der Waals surface area contributed by atoms with Crippen LogP contribution in [0.3, 0.4) is 0 Å². The molecular formula is C18H28Cl2N2. The van der Waals surface area contributed by atoms with Crippen LogP contribution in [0.5, 0.6) is 0 Å². The highest BCUT2D eigenvalue weighted by Crippen LogP contribution is 2.21. The van der Waals surface area contributed by atoms with Crippen molar-refractivity contribution in [3.63, 3.8) is 0 Å². The quantitative estimate of drug-likeness (QED) is 0.693. The van der Waals surface area contributed by atoms with Gasteiger partial charge in [-0.1, -0.05) is 61.4 Å². The minimum absolute atomic E-state index is 0.699. The smallest absolute Gasteiger partial charge is 0.0453 e. The van der Waals surface area contributed by atoms with Crippen LogP contribution in [-0.2, 0) is 6.42 Å². The van der Waals surface area contributed by atoms with Gasteiger partial charge in [0.15, 0.2) is 0 Å². The van der Waals surface area contributed by atoms with Crippen LogP contribution in [0.1, 0.15) is 50.5 Å². The maximum absolute atomic E-state index is 6.18. The molecule has 1 aromatic rings. The molecule has 0 radical (unpaired) electrons. The van der Waals surface area contributed by atoms with Gasteiger partial charge < -0.3 is 10.6 Å². The zero-order valence-corrected chi connectivity index (χ0v) is 14.9. The molecule has 1 aliphatic carbocycles. The zero-order chi connectivity index (χ0) is 15.6. The molecule has 2 rings (SSSR count). The summed E-state index contributed by atoms with van der Waals surface area (Å²) in [5.74, 6) is 0. The Kier molecular flexibility index (Phi) is 8.61. The topological polar surface area (TPSA) is 24.1 Å². The predicted octanol–water partition coefficient (Wildman–Crippen LogP) is 4.83. The van der Waals surface area contributed by atoms with Crippen LogP contribution in [0.15, 0.2) is 18.2 Å². The fourth-order valence-corrected chi connectivity index (χ4v) is 3.60. The number of nitrogens with one attached hydrogen (secondary N) is 2. The Labute approximate surface area is 145 Å². The summed E-state index contributed by atoms with van der Waals surface area (Å²) in [6.07, 6.45) is 10.7. The van der Waals surface area contributed by atoms with Crippen LogP contribution in [-0.4, -0.2) is 25.7 Å². The summed E-state index contributed by atoms with van der Waals surface area (Å²) < 4.78 is 0. The highest BCUT2D eigenvalue weighted by Gasteiger charge is 2.09. The SMILES string of the molecule is Clc1ccc(CCNCCNC2CCCCCCC2)c(Cl)c1. The minimum Gasteiger partial charge on any atom is -0.315 e. The van der Waals surface area contributed by atoms with Gasteiger partial charge in [-0.2, -0.15) is 0 Å². The highest BCUT2D eigenvalue weighted by atomic mass is 35.5. The standard InChI is InChI=1S/C18H28Cl2N2/c19-16-9-8-15(18(20)14-16)10-11-21-12-13-22-17-6-4-2-1-3-5-7-17/h8-9,14,17,21-22H,1-7,10-13H2. The van der Waals surface area contributed by atoms with E-state index < -0.39 is 0 Å². The Morgan fingerprint density at radius 3 is 2.36 bits per heavy atom. The maximum Gasteiger partial charge on any atom is 0.0453 e. The van der Waals surface area contributed by atoms with Crippen molar-refractivity contribution in [3.05, 3.63) is 33.8 Å². The first-order valence-electron chi connectivity index (χ1n) is 8.64. The van der Waals surface area contributed by atoms with Crippen LogP contribution in [0, 0.1) is 0 Å². The number of hydrogen-bond acceptors (Lipinski definition) is 2. The Morgan fingerprint density at radius 2 is 1.64 bits per heavy atom. The second-order valence-corrected chi connectivity index (χ2v) is 7.08. The average Bonchev–Trinajstić information content (AvgIpc) is 2.46. The number of halogens is 2. The molecule has 0 aliphatic heterocycles. The summed E-state index contributed by atoms with van der Waals surface area (Å²) in [5.41, 5.74) is 1.16. The molecule has 1 aliphatic rings. The fraction of sp³-hybridized carbons (Fsp3) is 0.667. The van der Waals surface area contributed by atoms with Gasteiger partial charge in [-0.15, -0.1) is 0 Å². The predicted molar refractivity (Wildman–Crippen MR) is 97.1 cm³/mol. The first kappa shape index (κ1) is 18.1. The Balaban J connectivity index is 1.55. The maximum atomic E-state index is 6.18. The third kappa shape index (κ3) is 6.87. The van der Waals surface area contributed by atoms with E-state index in [-0.39, 0.29) is 0 Å². The Hall–Kier alpha value is -0.280. The van der Waals surface area contributed by atoms with Crippen molar-refractivity contribution in [2.45, 2.75) is 57.4 Å². The largest absolute Gasteiger partial charge is 0.315 e. The third-order valence-electron chi connectivity index (χ3n) is 4.43. The van der Waals surface area contributed by atoms with E-state index in [2.05, 4.69) is 10.6 Å². The average molecular weight is 343 g/mol. The van der Waals surface area contributed by atoms with Crippen molar-refractivity contribution in [2.24, 2.45) is 0 Å². The molecule has 0 atom stereocenters. The molecule has 0 unspecified atom stereocenters. The zero-order valence-electron chi connectivity index (χ0n) is 13.3. The number of rotatable bonds is 7. The molecule has 22 heavy (non-hydrogen) atoms. The van der Waals surface area contributed by atoms with Gasteiger partial charge >= 0.3 is 0 Å². The van der Waals surface area contributed by atoms with E-state index in [0.717, 1.165) is 42.7 Å². The van der Waals surface area contributed by atoms with Crippen molar-refractivity contribution in [1.29, 1.82) is 0 Å². The van der Waals surface area contributed by atoms with Crippen molar-refractivity contribution >= 4 is 23.2 Å². The first-order chi connectivity index (χ1) is 10.8. The van der Waals surface area contributed by atoms with Gasteiger partial charge in [0.25, 0.3) is 0 Å². The van der Waals surface area contributed by atoms with Gasteiger partial charge in [-0.3, -0.25) is 0 Å². The molecule has 0 spiro atoms. The van der Waals surface area contributed by atoms with Crippen LogP contribution in [0.2, 0.25) is 10.0 Å². The van der Waals surface area contributed by atoms with E-state index in [1.165, 1.54) is 44.9 Å². The molecule has 2 N–H and O–H groups in total. The minimum atomic E-state index is 0.699. The van der Waals surface area contributed by atoms with Crippen LogP contribution in [0.25, 0.3) is 0 Å². The Morgan fingerprint density at radius 1 is 0.909 bits per heavy atom. The van der Waals surface area contributed by atoms with Crippen LogP contribution >= 0.6 is 23.2 Å². The van der Waals surface area contributed by atoms with Crippen molar-refractivity contribution in [2.75, 3.05) is 19.6 Å². The van der Waals surface area contributed by atoms with Crippen LogP contribution < -0.4 is 10.6 Å². The summed E-state index contributed by atoms with van der Waals surface area (Å²) in [5, 5.41) is 8.65. The van der Waals surface area contributed by atoms with Gasteiger partial charge in [0.2, 0.25) is 0 Å². The summed E-state index contributed by atoms with van der Waals surface area (Å²) in [4.78, 5) is 0. The van der Waals surface area contributed by atoms with E-state index >= 15 is 0 Å². The molecule has 0 amide bonds. The molecule has 4 heteroatoms. The molecular weight excluding hydrogens is 315 g/mol. The van der Waals surface area contributed by atoms with Gasteiger partial charge in [0.1, 0.15) is 0 Å². The van der Waals surface area contributed by atoms with Crippen molar-refractivity contribution in [3.8, 4) is 0 Å². The van der Waals surface area contributed by atoms with E-state index in [4.69, 9.17) is 23.2 Å². The lowest BCUT2D eigenvalue weighted by molar-refractivity contribution is 0.389. The molecule has 0 heterocycles. The van der Waals surface area contributed by atoms with Crippen LogP contribution in [0.4, 0.5) is 0 Å². The normalized spacial score (nSPS) is 17.2. The fourth-order valence-electron chi connectivity index (χ4n) is 3.10. The van der Waals surface area contributed by atoms with E-state index in [1.54, 1.807) is 0 Å². The number of benzene rings is 1. The molecule has 0 saturated heterocycles. The lowest BCUT2D eigenvalue weighted by atomic mass is 9.97. The summed E-state index contributed by atoms with van der Waals surface area (Å²) in [6.45, 7) is 3.02. The monoisotopic (exact) mass is 342 g/mol. The molecule has 0 aromatic heterocycles. The van der Waals surface area contributed by atoms with Gasteiger partial charge in [0, 0.05) is 29.2 Å². The summed E-state index contributed by atoms with van der Waals surface area (Å²) in [7, 11) is 0. The summed E-state index contributed by atoms with van der Waals surface area (Å²) in [6, 6.07) is 6.46. The van der Waals surface area contributed by atoms with Crippen molar-refractivity contribution < 1.29 is 0 Å². The third-order valence-corrected chi connectivity index (χ3v) is 5.01. The van der Waals surface area contributed by atoms with E-state index in [0.29, 0.717) is 5.02 Å². The molecule has 1 aromatic carbocycles. The molecule has 2 nitrogen and oxygen atoms in total. The molecule has 1 fully saturated rings. The highest BCUT2D eigenvalue weighted by molar-refractivity contribution is 6.35. The van der Waals surface area contributed by atoms with Gasteiger partial charge in [-0.05, 0) is 43.5 Å². The first-order valence-corrected chi connectivity index (χ1v) is 9.39. The molecule has 0 bridgehead atoms. The van der Waals surface area contributed by atoms with Gasteiger partial charge in [0.05, 0.1) is 0 Å². The lowest BCUT2D eigenvalue weighted by Gasteiger charge is -2.21. The molecule has 1 saturated carbocycles. The Bertz CT molecular complexity index is 429. The van der Waals surface area contributed by atoms with Crippen molar-refractivity contribution in [1.82, 2.24) is 10.6 Å². The second-order valence-electron chi connectivity index (χ2n) is 6.23. The lowest BCUT2D eigenvalue weighted by Crippen LogP contribution is -2.36. The summed E-state index contributed by atoms with van der Waals surface area (Å²) >= 11 is 12.1. The van der Waals surface area contributed by atoms with E-state index in [1.807, 2.05) is 18.2 Å². The van der Waals surface area contributed by atoms with E-state index in [9.17, 15) is 0 Å².